The standard InChI is InChI=1S/C24H30N2O2Si.C18H16N2O2.C15H24O3Si.C14H23BrOSi.C14H24O2Si.C9H10O3/c1-24(2,3)29(4,5)28-21-13-11-19(12-14-21)17-18-26-23(27)16-15-22(25-26)20-9-7-6-8-10-20;21-16-8-6-14(7-9-16)12-13-20-18(22)11-10-17(19-20)15-4-2-1-3-5-15;1-15(2,3)19(5,6)18-13-9-7-12(8-10-13)11-14(16)17-4;2*1-14(2,3)17(4,5)16-13-8-6-12(7-9-13)10-11-15;1-12-9(11)6-7-2-4-8(10)5-3-7/h6-16H,17-18H2,1-5H3;1-11,21H,12-13H2;7-10H,11H2,1-6H3;6-9H,10-11H2,1-5H3;6-9,15H,10-11H2,1-5H3;2-5,10H,6H2,1H3. The highest BCUT2D eigenvalue weighted by Crippen LogP contribution is 2.41. The molecule has 116 heavy (non-hydrogen) atoms. The zero-order valence-corrected chi connectivity index (χ0v) is 78.2. The number of nitrogens with zero attached hydrogens (tertiary/aromatic N) is 4. The van der Waals surface area contributed by atoms with E-state index in [1.54, 1.807) is 53.2 Å². The lowest BCUT2D eigenvalue weighted by Crippen LogP contribution is -2.43. The Kier molecular flexibility index (Phi) is 37.5. The number of hydrogen-bond acceptors (Lipinski definition) is 15. The maximum Gasteiger partial charge on any atom is 0.309 e. The first-order chi connectivity index (χ1) is 54.3. The van der Waals surface area contributed by atoms with E-state index in [2.05, 4.69) is 207 Å². The van der Waals surface area contributed by atoms with E-state index in [-0.39, 0.29) is 67.7 Å². The Hall–Kier alpha value is -9.43. The molecule has 8 aromatic carbocycles. The third-order valence-electron chi connectivity index (χ3n) is 21.3. The predicted octanol–water partition coefficient (Wildman–Crippen LogP) is 21.9. The highest BCUT2D eigenvalue weighted by Gasteiger charge is 2.42. The minimum atomic E-state index is -1.84. The molecule has 0 unspecified atom stereocenters. The smallest absolute Gasteiger partial charge is 0.309 e. The van der Waals surface area contributed by atoms with Crippen LogP contribution in [0.15, 0.2) is 240 Å². The second-order valence-electron chi connectivity index (χ2n) is 34.6. The van der Waals surface area contributed by atoms with Gasteiger partial charge in [0.2, 0.25) is 33.3 Å². The van der Waals surface area contributed by atoms with Gasteiger partial charge in [0, 0.05) is 48.3 Å². The number of rotatable bonds is 24. The van der Waals surface area contributed by atoms with Crippen LogP contribution >= 0.6 is 15.9 Å². The predicted molar refractivity (Wildman–Crippen MR) is 488 cm³/mol. The molecule has 624 valence electrons. The second kappa shape index (κ2) is 44.8. The van der Waals surface area contributed by atoms with E-state index in [4.69, 9.17) is 27.9 Å². The van der Waals surface area contributed by atoms with Crippen LogP contribution in [0.5, 0.6) is 34.5 Å². The van der Waals surface area contributed by atoms with Crippen molar-refractivity contribution in [2.45, 2.75) is 207 Å². The first kappa shape index (κ1) is 97.1. The fourth-order valence-corrected chi connectivity index (χ4v) is 14.4. The molecular formula is C94H127BrN4O13Si4. The number of carbonyl (C=O) groups is 2. The molecule has 3 N–H and O–H groups in total. The maximum absolute atomic E-state index is 12.2. The number of aromatic nitrogens is 4. The number of carbonyl (C=O) groups excluding carboxylic acids is 2. The lowest BCUT2D eigenvalue weighted by molar-refractivity contribution is -0.140. The van der Waals surface area contributed by atoms with Gasteiger partial charge in [-0.3, -0.25) is 19.2 Å². The number of hydrogen-bond donors (Lipinski definition) is 3. The number of aromatic hydroxyl groups is 2. The Morgan fingerprint density at radius 3 is 0.862 bits per heavy atom. The number of esters is 2. The number of alkyl halides is 1. The van der Waals surface area contributed by atoms with E-state index in [0.29, 0.717) is 32.4 Å². The third kappa shape index (κ3) is 32.9. The Bertz CT molecular complexity index is 4640. The van der Waals surface area contributed by atoms with E-state index >= 15 is 0 Å². The number of benzene rings is 8. The largest absolute Gasteiger partial charge is 0.544 e. The van der Waals surface area contributed by atoms with Gasteiger partial charge in [0.15, 0.2) is 0 Å². The Morgan fingerprint density at radius 1 is 0.353 bits per heavy atom. The number of phenolic OH excluding ortho intramolecular Hbond substituents is 2. The van der Waals surface area contributed by atoms with E-state index in [1.807, 2.05) is 133 Å². The SMILES string of the molecule is CC(C)(C)[Si](C)(C)Oc1ccc(CCBr)cc1.CC(C)(C)[Si](C)(C)Oc1ccc(CCO)cc1.CC(C)(C)[Si](C)(C)Oc1ccc(CCn2nc(-c3ccccc3)ccc2=O)cc1.COC(=O)Cc1ccc(O)cc1.COC(=O)Cc1ccc(O[Si](C)(C)C(C)(C)C)cc1.O=c1ccc(-c2ccccc2)nn1CCc1ccc(O)cc1. The van der Waals surface area contributed by atoms with Crippen LogP contribution in [0, 0.1) is 0 Å². The normalized spacial score (nSPS) is 11.7. The van der Waals surface area contributed by atoms with E-state index in [1.165, 1.54) is 36.6 Å². The van der Waals surface area contributed by atoms with Gasteiger partial charge in [-0.25, -0.2) is 9.36 Å². The zero-order valence-electron chi connectivity index (χ0n) is 72.6. The molecule has 2 aromatic heterocycles. The summed E-state index contributed by atoms with van der Waals surface area (Å²) in [5.41, 5.74) is 9.88. The number of aliphatic hydroxyl groups excluding tert-OH is 1. The van der Waals surface area contributed by atoms with Crippen LogP contribution in [0.3, 0.4) is 0 Å². The lowest BCUT2D eigenvalue weighted by Gasteiger charge is -2.36. The minimum absolute atomic E-state index is 0.0810. The van der Waals surface area contributed by atoms with Gasteiger partial charge in [0.05, 0.1) is 38.4 Å². The van der Waals surface area contributed by atoms with Gasteiger partial charge in [-0.1, -0.05) is 232 Å². The molecule has 0 amide bonds. The summed E-state index contributed by atoms with van der Waals surface area (Å²) < 4.78 is 37.1. The quantitative estimate of drug-likeness (QED) is 0.0291. The van der Waals surface area contributed by atoms with Crippen molar-refractivity contribution < 1.29 is 52.1 Å². The van der Waals surface area contributed by atoms with Gasteiger partial charge in [-0.2, -0.15) is 10.2 Å². The van der Waals surface area contributed by atoms with Gasteiger partial charge in [0.1, 0.15) is 34.5 Å². The average Bonchev–Trinajstić information content (AvgIpc) is 0.823. The van der Waals surface area contributed by atoms with Crippen molar-refractivity contribution in [1.82, 2.24) is 19.6 Å². The molecular weight excluding hydrogens is 1590 g/mol. The van der Waals surface area contributed by atoms with Gasteiger partial charge in [-0.15, -0.1) is 0 Å². The monoisotopic (exact) mass is 1710 g/mol. The first-order valence-electron chi connectivity index (χ1n) is 39.5. The van der Waals surface area contributed by atoms with Crippen molar-refractivity contribution in [3.63, 3.8) is 0 Å². The van der Waals surface area contributed by atoms with Crippen LogP contribution in [0.4, 0.5) is 0 Å². The summed E-state index contributed by atoms with van der Waals surface area (Å²) in [7, 11) is -4.30. The Morgan fingerprint density at radius 2 is 0.603 bits per heavy atom. The molecule has 0 bridgehead atoms. The molecule has 0 atom stereocenters. The number of aryl methyl sites for hydroxylation is 5. The second-order valence-corrected chi connectivity index (χ2v) is 54.3. The fourth-order valence-electron chi connectivity index (χ4n) is 9.84. The van der Waals surface area contributed by atoms with E-state index in [0.717, 1.165) is 91.5 Å². The maximum atomic E-state index is 12.2. The lowest BCUT2D eigenvalue weighted by atomic mass is 10.1. The molecule has 0 aliphatic heterocycles. The van der Waals surface area contributed by atoms with Crippen molar-refractivity contribution in [3.05, 3.63) is 285 Å². The highest BCUT2D eigenvalue weighted by molar-refractivity contribution is 9.09. The summed E-state index contributed by atoms with van der Waals surface area (Å²) in [4.78, 5) is 46.1. The number of ether oxygens (including phenoxy) is 2. The minimum Gasteiger partial charge on any atom is -0.544 e. The number of halogens is 1. The van der Waals surface area contributed by atoms with Crippen LogP contribution in [-0.2, 0) is 70.7 Å². The summed E-state index contributed by atoms with van der Waals surface area (Å²) in [5, 5.41) is 37.9. The Labute approximate surface area is 703 Å². The molecule has 10 rings (SSSR count). The number of methoxy groups -OCH3 is 2. The van der Waals surface area contributed by atoms with Gasteiger partial charge in [0.25, 0.3) is 11.1 Å². The third-order valence-corrected chi connectivity index (χ3v) is 39.1. The average molecular weight is 1710 g/mol. The van der Waals surface area contributed by atoms with Crippen LogP contribution < -0.4 is 28.8 Å². The van der Waals surface area contributed by atoms with Crippen molar-refractivity contribution in [2.24, 2.45) is 0 Å². The fraction of sp³-hybridized carbons (Fsp3) is 0.383. The van der Waals surface area contributed by atoms with Crippen molar-refractivity contribution in [3.8, 4) is 57.0 Å². The molecule has 0 aliphatic carbocycles. The molecule has 22 heteroatoms. The zero-order chi connectivity index (χ0) is 86.3. The van der Waals surface area contributed by atoms with Crippen LogP contribution in [0.1, 0.15) is 116 Å². The van der Waals surface area contributed by atoms with E-state index < -0.39 is 33.3 Å². The van der Waals surface area contributed by atoms with Crippen LogP contribution in [0.25, 0.3) is 22.5 Å². The van der Waals surface area contributed by atoms with Crippen molar-refractivity contribution in [1.29, 1.82) is 0 Å². The number of phenols is 2. The topological polar surface area (TPSA) is 220 Å². The molecule has 0 saturated carbocycles. The summed E-state index contributed by atoms with van der Waals surface area (Å²) in [6, 6.07) is 72.3. The molecule has 2 heterocycles. The van der Waals surface area contributed by atoms with Crippen LogP contribution in [0.2, 0.25) is 72.5 Å². The highest BCUT2D eigenvalue weighted by atomic mass is 79.9. The molecule has 0 radical (unpaired) electrons. The molecule has 0 aliphatic rings. The summed E-state index contributed by atoms with van der Waals surface area (Å²) in [6.07, 6.45) is 3.76. The van der Waals surface area contributed by atoms with Crippen molar-refractivity contribution in [2.75, 3.05) is 26.2 Å². The summed E-state index contributed by atoms with van der Waals surface area (Å²) >= 11 is 3.46. The summed E-state index contributed by atoms with van der Waals surface area (Å²) in [6.45, 7) is 46.1. The molecule has 0 saturated heterocycles. The summed E-state index contributed by atoms with van der Waals surface area (Å²) in [5.74, 6) is 3.68. The van der Waals surface area contributed by atoms with Gasteiger partial charge < -0.3 is 42.5 Å². The van der Waals surface area contributed by atoms with Crippen molar-refractivity contribution >= 4 is 61.1 Å². The molecule has 17 nitrogen and oxygen atoms in total. The van der Waals surface area contributed by atoms with Gasteiger partial charge in [-0.05, 0) is 217 Å². The van der Waals surface area contributed by atoms with Crippen LogP contribution in [-0.4, -0.2) is 106 Å². The van der Waals surface area contributed by atoms with Gasteiger partial charge >= 0.3 is 11.9 Å². The molecule has 0 spiro atoms. The molecule has 10 aromatic rings. The first-order valence-corrected chi connectivity index (χ1v) is 52.3. The molecule has 0 fully saturated rings. The number of aliphatic hydroxyl groups is 1. The van der Waals surface area contributed by atoms with E-state index in [9.17, 15) is 24.3 Å². The Balaban J connectivity index is 0.000000253.